The van der Waals surface area contributed by atoms with Gasteiger partial charge in [-0.05, 0) is 18.3 Å². The van der Waals surface area contributed by atoms with Gasteiger partial charge in [-0.15, -0.1) is 0 Å². The maximum Gasteiger partial charge on any atom is 0.0105 e. The van der Waals surface area contributed by atoms with Crippen LogP contribution in [0.1, 0.15) is 26.7 Å². The molecule has 0 aliphatic carbocycles. The number of nitrogens with zero attached hydrogens (tertiary/aromatic N) is 1. The second-order valence-corrected chi connectivity index (χ2v) is 3.71. The molecule has 0 bridgehead atoms. The number of nitrogens with two attached hydrogens (primary N) is 1. The number of likely N-dealkylation sites (tertiary alicyclic amines) is 1. The van der Waals surface area contributed by atoms with E-state index in [-0.39, 0.29) is 0 Å². The Morgan fingerprint density at radius 2 is 1.82 bits per heavy atom. The minimum absolute atomic E-state index is 0.648. The van der Waals surface area contributed by atoms with Gasteiger partial charge in [0.1, 0.15) is 0 Å². The molecule has 0 aromatic heterocycles. The van der Waals surface area contributed by atoms with E-state index in [0.717, 1.165) is 13.1 Å². The van der Waals surface area contributed by atoms with Gasteiger partial charge >= 0.3 is 0 Å². The summed E-state index contributed by atoms with van der Waals surface area (Å²) in [6, 6.07) is 0. The largest absolute Gasteiger partial charge is 0.329 e. The first-order valence-corrected chi connectivity index (χ1v) is 4.69. The normalized spacial score (nSPS) is 23.2. The molecule has 11 heavy (non-hydrogen) atoms. The van der Waals surface area contributed by atoms with Crippen molar-refractivity contribution in [1.29, 1.82) is 0 Å². The lowest BCUT2D eigenvalue weighted by molar-refractivity contribution is -0.00323. The summed E-state index contributed by atoms with van der Waals surface area (Å²) in [4.78, 5) is 2.45. The van der Waals surface area contributed by atoms with E-state index in [9.17, 15) is 0 Å². The van der Waals surface area contributed by atoms with Crippen molar-refractivity contribution in [2.45, 2.75) is 26.7 Å². The molecule has 1 fully saturated rings. The molecule has 0 aromatic carbocycles. The van der Waals surface area contributed by atoms with E-state index in [1.807, 2.05) is 0 Å². The molecular formula is C9H20N2. The Labute approximate surface area is 69.8 Å². The number of rotatable bonds is 4. The third-order valence-corrected chi connectivity index (χ3v) is 3.06. The fraction of sp³-hybridized carbons (Fsp3) is 1.00. The molecule has 0 unspecified atom stereocenters. The van der Waals surface area contributed by atoms with Crippen LogP contribution in [0.15, 0.2) is 0 Å². The van der Waals surface area contributed by atoms with Gasteiger partial charge < -0.3 is 10.6 Å². The average Bonchev–Trinajstić information content (AvgIpc) is 1.96. The minimum atomic E-state index is 0.648. The maximum absolute atomic E-state index is 5.47. The average molecular weight is 156 g/mol. The Bertz CT molecular complexity index is 111. The maximum atomic E-state index is 5.47. The van der Waals surface area contributed by atoms with Gasteiger partial charge in [0.05, 0.1) is 0 Å². The summed E-state index contributed by atoms with van der Waals surface area (Å²) >= 11 is 0. The van der Waals surface area contributed by atoms with Crippen LogP contribution in [-0.4, -0.2) is 31.1 Å². The smallest absolute Gasteiger partial charge is 0.0105 e. The molecule has 2 heteroatoms. The zero-order valence-corrected chi connectivity index (χ0v) is 7.77. The van der Waals surface area contributed by atoms with E-state index < -0.39 is 0 Å². The first-order chi connectivity index (χ1) is 5.26. The lowest BCUT2D eigenvalue weighted by Crippen LogP contribution is -2.56. The van der Waals surface area contributed by atoms with Crippen LogP contribution in [0.4, 0.5) is 0 Å². The standard InChI is InChI=1S/C9H20N2/c1-3-9(4-2)7-11(8-9)6-5-10/h3-8,10H2,1-2H3. The topological polar surface area (TPSA) is 29.3 Å². The van der Waals surface area contributed by atoms with Crippen molar-refractivity contribution < 1.29 is 0 Å². The molecule has 0 radical (unpaired) electrons. The SMILES string of the molecule is CCC1(CC)CN(CCN)C1. The molecule has 66 valence electrons. The summed E-state index contributed by atoms with van der Waals surface area (Å²) in [6.07, 6.45) is 2.65. The third-order valence-electron chi connectivity index (χ3n) is 3.06. The van der Waals surface area contributed by atoms with Gasteiger partial charge in [-0.1, -0.05) is 13.8 Å². The number of hydrogen-bond donors (Lipinski definition) is 1. The van der Waals surface area contributed by atoms with E-state index in [1.165, 1.54) is 25.9 Å². The number of hydrogen-bond acceptors (Lipinski definition) is 2. The fourth-order valence-corrected chi connectivity index (χ4v) is 1.94. The highest BCUT2D eigenvalue weighted by molar-refractivity contribution is 4.92. The van der Waals surface area contributed by atoms with Crippen molar-refractivity contribution in [3.05, 3.63) is 0 Å². The van der Waals surface area contributed by atoms with Gasteiger partial charge in [-0.25, -0.2) is 0 Å². The lowest BCUT2D eigenvalue weighted by Gasteiger charge is -2.49. The fourth-order valence-electron chi connectivity index (χ4n) is 1.94. The Kier molecular flexibility index (Phi) is 2.90. The molecule has 1 rings (SSSR count). The van der Waals surface area contributed by atoms with Gasteiger partial charge in [0, 0.05) is 26.2 Å². The van der Waals surface area contributed by atoms with Gasteiger partial charge in [0.2, 0.25) is 0 Å². The van der Waals surface area contributed by atoms with Gasteiger partial charge in [-0.2, -0.15) is 0 Å². The molecular weight excluding hydrogens is 136 g/mol. The minimum Gasteiger partial charge on any atom is -0.329 e. The van der Waals surface area contributed by atoms with Crippen LogP contribution in [-0.2, 0) is 0 Å². The predicted octanol–water partition coefficient (Wildman–Crippen LogP) is 1.07. The summed E-state index contributed by atoms with van der Waals surface area (Å²) in [5, 5.41) is 0. The van der Waals surface area contributed by atoms with Crippen LogP contribution in [0.3, 0.4) is 0 Å². The Hall–Kier alpha value is -0.0800. The van der Waals surface area contributed by atoms with Crippen molar-refractivity contribution >= 4 is 0 Å². The molecule has 0 aromatic rings. The Morgan fingerprint density at radius 1 is 1.27 bits per heavy atom. The summed E-state index contributed by atoms with van der Waals surface area (Å²) in [5.41, 5.74) is 6.12. The molecule has 0 amide bonds. The molecule has 0 spiro atoms. The quantitative estimate of drug-likeness (QED) is 0.659. The van der Waals surface area contributed by atoms with Crippen molar-refractivity contribution in [2.24, 2.45) is 11.1 Å². The van der Waals surface area contributed by atoms with Crippen molar-refractivity contribution in [3.8, 4) is 0 Å². The molecule has 1 heterocycles. The lowest BCUT2D eigenvalue weighted by atomic mass is 9.75. The van der Waals surface area contributed by atoms with E-state index >= 15 is 0 Å². The van der Waals surface area contributed by atoms with Crippen LogP contribution in [0.25, 0.3) is 0 Å². The highest BCUT2D eigenvalue weighted by Gasteiger charge is 2.38. The summed E-state index contributed by atoms with van der Waals surface area (Å²) < 4.78 is 0. The molecule has 2 nitrogen and oxygen atoms in total. The molecule has 1 aliphatic heterocycles. The Balaban J connectivity index is 2.24. The second kappa shape index (κ2) is 3.55. The first-order valence-electron chi connectivity index (χ1n) is 4.69. The summed E-state index contributed by atoms with van der Waals surface area (Å²) in [5.74, 6) is 0. The van der Waals surface area contributed by atoms with Gasteiger partial charge in [0.15, 0.2) is 0 Å². The van der Waals surface area contributed by atoms with Gasteiger partial charge in [-0.3, -0.25) is 0 Å². The molecule has 0 atom stereocenters. The van der Waals surface area contributed by atoms with E-state index in [1.54, 1.807) is 0 Å². The molecule has 1 saturated heterocycles. The van der Waals surface area contributed by atoms with E-state index in [2.05, 4.69) is 18.7 Å². The van der Waals surface area contributed by atoms with Crippen LogP contribution < -0.4 is 5.73 Å². The zero-order valence-electron chi connectivity index (χ0n) is 7.77. The highest BCUT2D eigenvalue weighted by atomic mass is 15.2. The summed E-state index contributed by atoms with van der Waals surface area (Å²) in [7, 11) is 0. The molecule has 2 N–H and O–H groups in total. The third kappa shape index (κ3) is 1.74. The molecule has 0 saturated carbocycles. The monoisotopic (exact) mass is 156 g/mol. The van der Waals surface area contributed by atoms with Crippen molar-refractivity contribution in [2.75, 3.05) is 26.2 Å². The second-order valence-electron chi connectivity index (χ2n) is 3.71. The summed E-state index contributed by atoms with van der Waals surface area (Å²) in [6.45, 7) is 9.03. The first kappa shape index (κ1) is 9.01. The highest BCUT2D eigenvalue weighted by Crippen LogP contribution is 2.36. The van der Waals surface area contributed by atoms with Crippen LogP contribution in [0.5, 0.6) is 0 Å². The van der Waals surface area contributed by atoms with E-state index in [4.69, 9.17) is 5.73 Å². The van der Waals surface area contributed by atoms with Crippen LogP contribution in [0.2, 0.25) is 0 Å². The van der Waals surface area contributed by atoms with Crippen LogP contribution >= 0.6 is 0 Å². The van der Waals surface area contributed by atoms with Crippen molar-refractivity contribution in [1.82, 2.24) is 4.90 Å². The zero-order chi connectivity index (χ0) is 8.32. The van der Waals surface area contributed by atoms with Crippen LogP contribution in [0, 0.1) is 5.41 Å². The predicted molar refractivity (Wildman–Crippen MR) is 48.5 cm³/mol. The van der Waals surface area contributed by atoms with E-state index in [0.29, 0.717) is 5.41 Å². The van der Waals surface area contributed by atoms with Gasteiger partial charge in [0.25, 0.3) is 0 Å². The van der Waals surface area contributed by atoms with Crippen molar-refractivity contribution in [3.63, 3.8) is 0 Å². The molecule has 1 aliphatic rings. The Morgan fingerprint density at radius 3 is 2.18 bits per heavy atom.